The number of carbonyl (C=O) groups excluding carboxylic acids is 2. The maximum Gasteiger partial charge on any atom is 0.220 e. The Labute approximate surface area is 138 Å². The van der Waals surface area contributed by atoms with Crippen molar-refractivity contribution in [1.82, 2.24) is 5.32 Å². The zero-order chi connectivity index (χ0) is 16.8. The van der Waals surface area contributed by atoms with Gasteiger partial charge >= 0.3 is 0 Å². The molecule has 0 aliphatic heterocycles. The molecule has 23 heavy (non-hydrogen) atoms. The number of benzene rings is 1. The lowest BCUT2D eigenvalue weighted by Gasteiger charge is -2.27. The van der Waals surface area contributed by atoms with E-state index in [9.17, 15) is 9.59 Å². The number of nitrogens with one attached hydrogen (secondary N) is 1. The van der Waals surface area contributed by atoms with Crippen molar-refractivity contribution < 1.29 is 14.7 Å². The normalized spacial score (nSPS) is 21.0. The lowest BCUT2D eigenvalue weighted by molar-refractivity contribution is -0.122. The maximum absolute atomic E-state index is 12.3. The van der Waals surface area contributed by atoms with E-state index in [0.717, 1.165) is 42.4 Å². The van der Waals surface area contributed by atoms with Crippen molar-refractivity contribution in [2.24, 2.45) is 5.92 Å². The molecule has 0 radical (unpaired) electrons. The zero-order valence-electron chi connectivity index (χ0n) is 14.1. The predicted molar refractivity (Wildman–Crippen MR) is 90.5 cm³/mol. The smallest absolute Gasteiger partial charge is 0.220 e. The highest BCUT2D eigenvalue weighted by Gasteiger charge is 2.22. The molecule has 0 aromatic heterocycles. The molecule has 2 N–H and O–H groups in total. The molecule has 1 amide bonds. The maximum atomic E-state index is 12.3. The van der Waals surface area contributed by atoms with Gasteiger partial charge in [-0.2, -0.15) is 0 Å². The summed E-state index contributed by atoms with van der Waals surface area (Å²) in [4.78, 5) is 24.3. The first-order chi connectivity index (χ1) is 11.0. The van der Waals surface area contributed by atoms with Gasteiger partial charge in [-0.3, -0.25) is 9.59 Å². The molecule has 1 aliphatic carbocycles. The topological polar surface area (TPSA) is 66.4 Å². The second-order valence-electron chi connectivity index (χ2n) is 6.71. The monoisotopic (exact) mass is 317 g/mol. The summed E-state index contributed by atoms with van der Waals surface area (Å²) in [6.07, 6.45) is 4.25. The molecular weight excluding hydrogens is 290 g/mol. The molecule has 0 atom stereocenters. The number of ketones is 1. The third-order valence-electron chi connectivity index (χ3n) is 4.74. The number of Topliss-reactive ketones (excluding diaryl/α,β-unsaturated/α-hetero) is 1. The summed E-state index contributed by atoms with van der Waals surface area (Å²) in [7, 11) is 0. The number of aliphatic hydroxyl groups is 1. The fourth-order valence-electron chi connectivity index (χ4n) is 3.19. The van der Waals surface area contributed by atoms with Crippen molar-refractivity contribution in [3.8, 4) is 0 Å². The summed E-state index contributed by atoms with van der Waals surface area (Å²) in [6.45, 7) is 4.13. The van der Waals surface area contributed by atoms with Gasteiger partial charge in [-0.25, -0.2) is 0 Å². The van der Waals surface area contributed by atoms with Crippen LogP contribution in [0.3, 0.4) is 0 Å². The number of aliphatic hydroxyl groups excluding tert-OH is 1. The van der Waals surface area contributed by atoms with Crippen LogP contribution in [0, 0.1) is 19.8 Å². The van der Waals surface area contributed by atoms with Crippen LogP contribution < -0.4 is 5.32 Å². The molecule has 1 aromatic rings. The average molecular weight is 317 g/mol. The Morgan fingerprint density at radius 2 is 1.83 bits per heavy atom. The average Bonchev–Trinajstić information content (AvgIpc) is 2.55. The Morgan fingerprint density at radius 3 is 2.48 bits per heavy atom. The zero-order valence-corrected chi connectivity index (χ0v) is 14.1. The molecule has 0 saturated heterocycles. The highest BCUT2D eigenvalue weighted by atomic mass is 16.3. The highest BCUT2D eigenvalue weighted by Crippen LogP contribution is 2.23. The molecular formula is C19H27NO3. The summed E-state index contributed by atoms with van der Waals surface area (Å²) in [5.74, 6) is 0.371. The summed E-state index contributed by atoms with van der Waals surface area (Å²) < 4.78 is 0. The Bertz CT molecular complexity index is 560. The van der Waals surface area contributed by atoms with Crippen LogP contribution in [-0.4, -0.2) is 29.4 Å². The minimum Gasteiger partial charge on any atom is -0.396 e. The fourth-order valence-corrected chi connectivity index (χ4v) is 3.19. The van der Waals surface area contributed by atoms with Crippen LogP contribution in [-0.2, 0) is 4.79 Å². The van der Waals surface area contributed by atoms with Crippen LogP contribution in [0.2, 0.25) is 0 Å². The fraction of sp³-hybridized carbons (Fsp3) is 0.579. The van der Waals surface area contributed by atoms with Gasteiger partial charge in [0.05, 0.1) is 0 Å². The standard InChI is InChI=1S/C19H27NO3/c1-13-3-4-14(2)17(11-13)18(22)9-10-19(23)20-16-7-5-15(12-21)6-8-16/h3-4,11,15-16,21H,5-10,12H2,1-2H3,(H,20,23). The van der Waals surface area contributed by atoms with Gasteiger partial charge in [-0.15, -0.1) is 0 Å². The molecule has 2 rings (SSSR count). The van der Waals surface area contributed by atoms with Crippen molar-refractivity contribution in [2.75, 3.05) is 6.61 Å². The number of carbonyl (C=O) groups is 2. The number of aryl methyl sites for hydroxylation is 2. The first kappa shape index (κ1) is 17.7. The van der Waals surface area contributed by atoms with Crippen molar-refractivity contribution >= 4 is 11.7 Å². The summed E-state index contributed by atoms with van der Waals surface area (Å²) >= 11 is 0. The van der Waals surface area contributed by atoms with E-state index >= 15 is 0 Å². The first-order valence-corrected chi connectivity index (χ1v) is 8.50. The molecule has 0 bridgehead atoms. The predicted octanol–water partition coefficient (Wildman–Crippen LogP) is 2.93. The number of hydrogen-bond acceptors (Lipinski definition) is 3. The second-order valence-corrected chi connectivity index (χ2v) is 6.71. The molecule has 1 aliphatic rings. The van der Waals surface area contributed by atoms with Gasteiger partial charge in [-0.05, 0) is 57.1 Å². The highest BCUT2D eigenvalue weighted by molar-refractivity contribution is 5.99. The summed E-state index contributed by atoms with van der Waals surface area (Å²) in [5.41, 5.74) is 2.74. The van der Waals surface area contributed by atoms with Crippen molar-refractivity contribution in [1.29, 1.82) is 0 Å². The largest absolute Gasteiger partial charge is 0.396 e. The third-order valence-corrected chi connectivity index (χ3v) is 4.74. The summed E-state index contributed by atoms with van der Waals surface area (Å²) in [5, 5.41) is 12.2. The van der Waals surface area contributed by atoms with Gasteiger partial charge < -0.3 is 10.4 Å². The van der Waals surface area contributed by atoms with E-state index in [1.807, 2.05) is 32.0 Å². The molecule has 1 fully saturated rings. The summed E-state index contributed by atoms with van der Waals surface area (Å²) in [6, 6.07) is 6.02. The van der Waals surface area contributed by atoms with E-state index in [-0.39, 0.29) is 37.2 Å². The van der Waals surface area contributed by atoms with E-state index in [0.29, 0.717) is 5.92 Å². The van der Waals surface area contributed by atoms with Gasteiger partial charge in [-0.1, -0.05) is 17.7 Å². The molecule has 0 unspecified atom stereocenters. The number of rotatable bonds is 6. The lowest BCUT2D eigenvalue weighted by atomic mass is 9.86. The van der Waals surface area contributed by atoms with Crippen molar-refractivity contribution in [3.63, 3.8) is 0 Å². The molecule has 1 aromatic carbocycles. The van der Waals surface area contributed by atoms with Gasteiger partial charge in [0.25, 0.3) is 0 Å². The van der Waals surface area contributed by atoms with Gasteiger partial charge in [0.2, 0.25) is 5.91 Å². The second kappa shape index (κ2) is 8.25. The minimum absolute atomic E-state index is 0.0327. The van der Waals surface area contributed by atoms with E-state index in [2.05, 4.69) is 5.32 Å². The first-order valence-electron chi connectivity index (χ1n) is 8.50. The SMILES string of the molecule is Cc1ccc(C)c(C(=O)CCC(=O)NC2CCC(CO)CC2)c1. The van der Waals surface area contributed by atoms with Crippen LogP contribution >= 0.6 is 0 Å². The quantitative estimate of drug-likeness (QED) is 0.793. The van der Waals surface area contributed by atoms with E-state index in [1.165, 1.54) is 0 Å². The van der Waals surface area contributed by atoms with Crippen LogP contribution in [0.1, 0.15) is 60.0 Å². The lowest BCUT2D eigenvalue weighted by Crippen LogP contribution is -2.38. The van der Waals surface area contributed by atoms with Gasteiger partial charge in [0.1, 0.15) is 0 Å². The Hall–Kier alpha value is -1.68. The Morgan fingerprint density at radius 1 is 1.13 bits per heavy atom. The molecule has 4 heteroatoms. The number of amides is 1. The Balaban J connectivity index is 1.78. The van der Waals surface area contributed by atoms with Gasteiger partial charge in [0.15, 0.2) is 5.78 Å². The molecule has 0 spiro atoms. The van der Waals surface area contributed by atoms with E-state index in [1.54, 1.807) is 0 Å². The molecule has 126 valence electrons. The molecule has 1 saturated carbocycles. The van der Waals surface area contributed by atoms with Crippen LogP contribution in [0.5, 0.6) is 0 Å². The number of hydrogen-bond donors (Lipinski definition) is 2. The third kappa shape index (κ3) is 5.17. The van der Waals surface area contributed by atoms with Crippen molar-refractivity contribution in [3.05, 3.63) is 34.9 Å². The Kier molecular flexibility index (Phi) is 6.34. The van der Waals surface area contributed by atoms with Crippen LogP contribution in [0.4, 0.5) is 0 Å². The molecule has 4 nitrogen and oxygen atoms in total. The van der Waals surface area contributed by atoms with Crippen molar-refractivity contribution in [2.45, 2.75) is 58.4 Å². The minimum atomic E-state index is -0.0453. The van der Waals surface area contributed by atoms with Gasteiger partial charge in [0, 0.05) is 31.1 Å². The van der Waals surface area contributed by atoms with Crippen LogP contribution in [0.25, 0.3) is 0 Å². The molecule has 0 heterocycles. The van der Waals surface area contributed by atoms with E-state index < -0.39 is 0 Å². The van der Waals surface area contributed by atoms with Crippen LogP contribution in [0.15, 0.2) is 18.2 Å². The van der Waals surface area contributed by atoms with E-state index in [4.69, 9.17) is 5.11 Å².